The first kappa shape index (κ1) is 12.6. The van der Waals surface area contributed by atoms with Gasteiger partial charge >= 0.3 is 0 Å². The summed E-state index contributed by atoms with van der Waals surface area (Å²) in [6.07, 6.45) is 3.81. The van der Waals surface area contributed by atoms with Crippen LogP contribution in [-0.2, 0) is 6.42 Å². The third-order valence-electron chi connectivity index (χ3n) is 4.24. The number of benzene rings is 1. The Morgan fingerprint density at radius 2 is 2.14 bits per heavy atom. The summed E-state index contributed by atoms with van der Waals surface area (Å²) >= 11 is 0. The molecule has 21 heavy (non-hydrogen) atoms. The molecule has 0 bridgehead atoms. The highest BCUT2D eigenvalue weighted by Crippen LogP contribution is 2.39. The third kappa shape index (κ3) is 2.33. The van der Waals surface area contributed by atoms with E-state index in [4.69, 9.17) is 4.52 Å². The first-order valence-electron chi connectivity index (χ1n) is 7.26. The Balaban J connectivity index is 1.50. The maximum atomic E-state index is 13.2. The lowest BCUT2D eigenvalue weighted by Gasteiger charge is -2.12. The molecule has 0 radical (unpaired) electrons. The quantitative estimate of drug-likeness (QED) is 0.943. The van der Waals surface area contributed by atoms with Crippen molar-refractivity contribution in [3.8, 4) is 0 Å². The highest BCUT2D eigenvalue weighted by atomic mass is 19.1. The Labute approximate surface area is 121 Å². The van der Waals surface area contributed by atoms with Crippen LogP contribution >= 0.6 is 0 Å². The Hall–Kier alpha value is -2.17. The van der Waals surface area contributed by atoms with Crippen LogP contribution < -0.4 is 5.32 Å². The van der Waals surface area contributed by atoms with E-state index in [9.17, 15) is 9.18 Å². The van der Waals surface area contributed by atoms with E-state index in [1.807, 2.05) is 0 Å². The van der Waals surface area contributed by atoms with E-state index in [1.54, 1.807) is 18.2 Å². The van der Waals surface area contributed by atoms with Gasteiger partial charge in [-0.1, -0.05) is 11.2 Å². The largest absolute Gasteiger partial charge is 0.351 e. The molecular formula is C16H15FN2O2. The van der Waals surface area contributed by atoms with Crippen molar-refractivity contribution in [1.82, 2.24) is 10.5 Å². The fourth-order valence-electron chi connectivity index (χ4n) is 2.93. The number of aromatic nitrogens is 1. The maximum Gasteiger partial charge on any atom is 0.290 e. The van der Waals surface area contributed by atoms with Gasteiger partial charge in [-0.15, -0.1) is 0 Å². The molecule has 1 aromatic carbocycles. The molecule has 2 aromatic rings. The topological polar surface area (TPSA) is 55.1 Å². The molecule has 5 heteroatoms. The van der Waals surface area contributed by atoms with E-state index in [1.165, 1.54) is 6.07 Å². The number of carbonyl (C=O) groups is 1. The molecule has 0 unspecified atom stereocenters. The number of fused-ring (bicyclic) bond motifs is 1. The molecule has 0 saturated heterocycles. The maximum absolute atomic E-state index is 13.2. The van der Waals surface area contributed by atoms with E-state index in [0.29, 0.717) is 5.92 Å². The van der Waals surface area contributed by atoms with Gasteiger partial charge in [-0.05, 0) is 48.9 Å². The summed E-state index contributed by atoms with van der Waals surface area (Å²) in [4.78, 5) is 12.2. The molecule has 1 heterocycles. The molecule has 1 aromatic heterocycles. The van der Waals surface area contributed by atoms with Gasteiger partial charge < -0.3 is 9.84 Å². The Morgan fingerprint density at radius 3 is 2.95 bits per heavy atom. The zero-order chi connectivity index (χ0) is 14.4. The number of carbonyl (C=O) groups excluding carboxylic acids is 1. The highest BCUT2D eigenvalue weighted by Gasteiger charge is 2.30. The summed E-state index contributed by atoms with van der Waals surface area (Å²) in [5.41, 5.74) is 2.83. The zero-order valence-corrected chi connectivity index (χ0v) is 11.4. The van der Waals surface area contributed by atoms with Crippen LogP contribution in [0.1, 0.15) is 58.6 Å². The van der Waals surface area contributed by atoms with E-state index in [0.717, 1.165) is 42.5 Å². The van der Waals surface area contributed by atoms with E-state index in [-0.39, 0.29) is 23.5 Å². The summed E-state index contributed by atoms with van der Waals surface area (Å²) in [7, 11) is 0. The average molecular weight is 286 g/mol. The van der Waals surface area contributed by atoms with Crippen LogP contribution in [-0.4, -0.2) is 11.1 Å². The number of nitrogens with one attached hydrogen (secondary N) is 1. The predicted molar refractivity (Wildman–Crippen MR) is 73.4 cm³/mol. The second-order valence-electron chi connectivity index (χ2n) is 5.80. The van der Waals surface area contributed by atoms with E-state index < -0.39 is 0 Å². The van der Waals surface area contributed by atoms with Gasteiger partial charge in [-0.25, -0.2) is 4.39 Å². The van der Waals surface area contributed by atoms with Gasteiger partial charge in [-0.2, -0.15) is 0 Å². The molecule has 0 aliphatic heterocycles. The minimum atomic E-state index is -0.253. The summed E-state index contributed by atoms with van der Waals surface area (Å²) in [5, 5.41) is 6.89. The standard InChI is InChI=1S/C16H15FN2O2/c17-11-4-5-12-10(7-11)3-6-13(12)18-16(20)15-8-14(19-21-15)9-1-2-9/h4-5,7-9,13H,1-3,6H2,(H,18,20)/t13-/m0/s1. The fraction of sp³-hybridized carbons (Fsp3) is 0.375. The van der Waals surface area contributed by atoms with Crippen molar-refractivity contribution < 1.29 is 13.7 Å². The summed E-state index contributed by atoms with van der Waals surface area (Å²) in [6, 6.07) is 6.37. The third-order valence-corrected chi connectivity index (χ3v) is 4.24. The highest BCUT2D eigenvalue weighted by molar-refractivity contribution is 5.91. The van der Waals surface area contributed by atoms with Gasteiger partial charge in [0.25, 0.3) is 5.91 Å². The lowest BCUT2D eigenvalue weighted by molar-refractivity contribution is 0.0899. The lowest BCUT2D eigenvalue weighted by Crippen LogP contribution is -2.26. The molecule has 1 saturated carbocycles. The number of aryl methyl sites for hydroxylation is 1. The fourth-order valence-corrected chi connectivity index (χ4v) is 2.93. The van der Waals surface area contributed by atoms with Crippen molar-refractivity contribution in [2.75, 3.05) is 0 Å². The number of hydrogen-bond donors (Lipinski definition) is 1. The molecule has 1 fully saturated rings. The molecule has 108 valence electrons. The van der Waals surface area contributed by atoms with E-state index >= 15 is 0 Å². The van der Waals surface area contributed by atoms with Crippen LogP contribution in [0.5, 0.6) is 0 Å². The van der Waals surface area contributed by atoms with Gasteiger partial charge in [0.05, 0.1) is 11.7 Å². The molecule has 0 spiro atoms. The van der Waals surface area contributed by atoms with Crippen LogP contribution in [0.2, 0.25) is 0 Å². The van der Waals surface area contributed by atoms with Crippen molar-refractivity contribution in [3.05, 3.63) is 52.7 Å². The van der Waals surface area contributed by atoms with Crippen LogP contribution in [0.15, 0.2) is 28.8 Å². The SMILES string of the molecule is O=C(N[C@H]1CCc2cc(F)ccc21)c1cc(C2CC2)no1. The van der Waals surface area contributed by atoms with E-state index in [2.05, 4.69) is 10.5 Å². The van der Waals surface area contributed by atoms with Crippen LogP contribution in [0, 0.1) is 5.82 Å². The van der Waals surface area contributed by atoms with Gasteiger partial charge in [0.2, 0.25) is 5.76 Å². The van der Waals surface area contributed by atoms with Crippen LogP contribution in [0.25, 0.3) is 0 Å². The lowest BCUT2D eigenvalue weighted by atomic mass is 10.1. The number of halogens is 1. The predicted octanol–water partition coefficient (Wildman–Crippen LogP) is 3.11. The normalized spacial score (nSPS) is 20.3. The number of amides is 1. The monoisotopic (exact) mass is 286 g/mol. The van der Waals surface area contributed by atoms with Crippen molar-refractivity contribution in [2.45, 2.75) is 37.6 Å². The van der Waals surface area contributed by atoms with Gasteiger partial charge in [-0.3, -0.25) is 4.79 Å². The van der Waals surface area contributed by atoms with Gasteiger partial charge in [0.15, 0.2) is 0 Å². The van der Waals surface area contributed by atoms with Crippen molar-refractivity contribution in [2.24, 2.45) is 0 Å². The average Bonchev–Trinajstić information content (AvgIpc) is 3.07. The van der Waals surface area contributed by atoms with Crippen molar-refractivity contribution in [3.63, 3.8) is 0 Å². The number of hydrogen-bond acceptors (Lipinski definition) is 3. The van der Waals surface area contributed by atoms with Crippen molar-refractivity contribution >= 4 is 5.91 Å². The minimum Gasteiger partial charge on any atom is -0.351 e. The van der Waals surface area contributed by atoms with Crippen LogP contribution in [0.4, 0.5) is 4.39 Å². The molecule has 2 aliphatic carbocycles. The molecule has 1 N–H and O–H groups in total. The first-order chi connectivity index (χ1) is 10.2. The Kier molecular flexibility index (Phi) is 2.80. The van der Waals surface area contributed by atoms with Gasteiger partial charge in [0.1, 0.15) is 5.82 Å². The molecule has 2 aliphatic rings. The molecule has 1 amide bonds. The number of nitrogens with zero attached hydrogens (tertiary/aromatic N) is 1. The second kappa shape index (κ2) is 4.69. The second-order valence-corrected chi connectivity index (χ2v) is 5.80. The Morgan fingerprint density at radius 1 is 1.29 bits per heavy atom. The van der Waals surface area contributed by atoms with Crippen LogP contribution in [0.3, 0.4) is 0 Å². The zero-order valence-electron chi connectivity index (χ0n) is 11.4. The summed E-state index contributed by atoms with van der Waals surface area (Å²) in [6.45, 7) is 0. The molecule has 4 rings (SSSR count). The smallest absolute Gasteiger partial charge is 0.290 e. The van der Waals surface area contributed by atoms with Gasteiger partial charge in [0, 0.05) is 12.0 Å². The Bertz CT molecular complexity index is 706. The summed E-state index contributed by atoms with van der Waals surface area (Å²) in [5.74, 6) is 0.236. The van der Waals surface area contributed by atoms with Crippen molar-refractivity contribution in [1.29, 1.82) is 0 Å². The number of rotatable bonds is 3. The minimum absolute atomic E-state index is 0.0809. The molecule has 1 atom stereocenters. The molecule has 4 nitrogen and oxygen atoms in total. The first-order valence-corrected chi connectivity index (χ1v) is 7.26. The summed E-state index contributed by atoms with van der Waals surface area (Å²) < 4.78 is 18.3. The molecular weight excluding hydrogens is 271 g/mol.